The molecule has 1 N–H and O–H groups in total. The molecule has 1 heterocycles. The number of aryl methyl sites for hydroxylation is 2. The molecule has 2 rings (SSSR count). The van der Waals surface area contributed by atoms with E-state index in [1.54, 1.807) is 6.33 Å². The van der Waals surface area contributed by atoms with E-state index in [1.165, 1.54) is 19.3 Å². The van der Waals surface area contributed by atoms with E-state index in [0.29, 0.717) is 6.04 Å². The van der Waals surface area contributed by atoms with Gasteiger partial charge in [-0.3, -0.25) is 4.68 Å². The molecule has 0 saturated heterocycles. The maximum absolute atomic E-state index is 4.37. The third-order valence-corrected chi connectivity index (χ3v) is 3.47. The van der Waals surface area contributed by atoms with Crippen LogP contribution in [-0.4, -0.2) is 27.4 Å². The summed E-state index contributed by atoms with van der Waals surface area (Å²) in [6.45, 7) is 6.43. The monoisotopic (exact) mass is 236 g/mol. The van der Waals surface area contributed by atoms with E-state index in [1.807, 2.05) is 0 Å². The summed E-state index contributed by atoms with van der Waals surface area (Å²) in [5, 5.41) is 7.88. The normalized spacial score (nSPS) is 17.3. The molecule has 1 aromatic heterocycles. The Morgan fingerprint density at radius 3 is 2.94 bits per heavy atom. The zero-order chi connectivity index (χ0) is 12.1. The molecule has 1 aliphatic rings. The van der Waals surface area contributed by atoms with E-state index in [-0.39, 0.29) is 0 Å². The van der Waals surface area contributed by atoms with Crippen LogP contribution in [0.15, 0.2) is 6.33 Å². The van der Waals surface area contributed by atoms with Crippen LogP contribution in [0.1, 0.15) is 45.4 Å². The molecule has 0 spiro atoms. The number of nitrogens with one attached hydrogen (secondary N) is 1. The predicted octanol–water partition coefficient (Wildman–Crippen LogP) is 2.01. The van der Waals surface area contributed by atoms with E-state index in [2.05, 4.69) is 33.9 Å². The van der Waals surface area contributed by atoms with Crippen LogP contribution >= 0.6 is 0 Å². The fourth-order valence-electron chi connectivity index (χ4n) is 2.43. The lowest BCUT2D eigenvalue weighted by atomic mass is 10.1. The second-order valence-corrected chi connectivity index (χ2v) is 4.94. The summed E-state index contributed by atoms with van der Waals surface area (Å²) in [4.78, 5) is 4.37. The van der Waals surface area contributed by atoms with Crippen molar-refractivity contribution in [3.05, 3.63) is 12.2 Å². The molecule has 4 nitrogen and oxygen atoms in total. The Morgan fingerprint density at radius 1 is 1.47 bits per heavy atom. The van der Waals surface area contributed by atoms with Gasteiger partial charge in [0.2, 0.25) is 0 Å². The molecule has 1 aromatic rings. The molecule has 1 saturated carbocycles. The van der Waals surface area contributed by atoms with Crippen molar-refractivity contribution in [2.24, 2.45) is 5.92 Å². The summed E-state index contributed by atoms with van der Waals surface area (Å²) >= 11 is 0. The van der Waals surface area contributed by atoms with Gasteiger partial charge < -0.3 is 5.32 Å². The molecule has 4 heteroatoms. The average Bonchev–Trinajstić information content (AvgIpc) is 3.07. The summed E-state index contributed by atoms with van der Waals surface area (Å²) < 4.78 is 2.05. The largest absolute Gasteiger partial charge is 0.314 e. The molecule has 1 fully saturated rings. The van der Waals surface area contributed by atoms with E-state index in [9.17, 15) is 0 Å². The highest BCUT2D eigenvalue weighted by molar-refractivity contribution is 4.91. The predicted molar refractivity (Wildman–Crippen MR) is 68.8 cm³/mol. The van der Waals surface area contributed by atoms with E-state index >= 15 is 0 Å². The lowest BCUT2D eigenvalue weighted by Crippen LogP contribution is -2.31. The number of rotatable bonds is 8. The van der Waals surface area contributed by atoms with E-state index in [0.717, 1.165) is 37.7 Å². The van der Waals surface area contributed by atoms with E-state index in [4.69, 9.17) is 0 Å². The van der Waals surface area contributed by atoms with Gasteiger partial charge in [-0.15, -0.1) is 0 Å². The van der Waals surface area contributed by atoms with Crippen molar-refractivity contribution in [2.75, 3.05) is 6.54 Å². The smallest absolute Gasteiger partial charge is 0.138 e. The van der Waals surface area contributed by atoms with Crippen LogP contribution < -0.4 is 5.32 Å². The molecule has 0 amide bonds. The molecule has 17 heavy (non-hydrogen) atoms. The minimum absolute atomic E-state index is 0.687. The summed E-state index contributed by atoms with van der Waals surface area (Å²) in [6, 6.07) is 0.687. The highest BCUT2D eigenvalue weighted by atomic mass is 15.3. The summed E-state index contributed by atoms with van der Waals surface area (Å²) in [7, 11) is 0. The Balaban J connectivity index is 1.84. The van der Waals surface area contributed by atoms with Crippen molar-refractivity contribution in [2.45, 2.75) is 58.5 Å². The Bertz CT molecular complexity index is 330. The minimum Gasteiger partial charge on any atom is -0.314 e. The van der Waals surface area contributed by atoms with Gasteiger partial charge in [-0.2, -0.15) is 5.10 Å². The molecule has 0 radical (unpaired) electrons. The van der Waals surface area contributed by atoms with Crippen molar-refractivity contribution in [3.63, 3.8) is 0 Å². The van der Waals surface area contributed by atoms with Gasteiger partial charge in [0.05, 0.1) is 0 Å². The van der Waals surface area contributed by atoms with Gasteiger partial charge in [0.15, 0.2) is 0 Å². The number of hydrogen-bond acceptors (Lipinski definition) is 3. The summed E-state index contributed by atoms with van der Waals surface area (Å²) in [6.07, 6.45) is 7.85. The maximum atomic E-state index is 4.37. The first-order valence-corrected chi connectivity index (χ1v) is 6.95. The molecular formula is C13H24N4. The fourth-order valence-corrected chi connectivity index (χ4v) is 2.43. The number of nitrogens with zero attached hydrogens (tertiary/aromatic N) is 3. The van der Waals surface area contributed by atoms with Crippen molar-refractivity contribution < 1.29 is 0 Å². The van der Waals surface area contributed by atoms with Crippen LogP contribution in [0.4, 0.5) is 0 Å². The van der Waals surface area contributed by atoms with Crippen LogP contribution in [0.25, 0.3) is 0 Å². The SMILES string of the molecule is CCCn1ncnc1CCC(NCC)C1CC1. The van der Waals surface area contributed by atoms with Crippen LogP contribution in [0.5, 0.6) is 0 Å². The van der Waals surface area contributed by atoms with E-state index < -0.39 is 0 Å². The molecule has 0 bridgehead atoms. The molecular weight excluding hydrogens is 212 g/mol. The van der Waals surface area contributed by atoms with Gasteiger partial charge in [0.25, 0.3) is 0 Å². The third-order valence-electron chi connectivity index (χ3n) is 3.47. The number of hydrogen-bond donors (Lipinski definition) is 1. The first-order chi connectivity index (χ1) is 8.35. The van der Waals surface area contributed by atoms with Crippen LogP contribution in [0.3, 0.4) is 0 Å². The first-order valence-electron chi connectivity index (χ1n) is 6.95. The Labute approximate surface area is 104 Å². The molecule has 0 aromatic carbocycles. The maximum Gasteiger partial charge on any atom is 0.138 e. The van der Waals surface area contributed by atoms with Crippen LogP contribution in [0.2, 0.25) is 0 Å². The highest BCUT2D eigenvalue weighted by Gasteiger charge is 2.30. The lowest BCUT2D eigenvalue weighted by Gasteiger charge is -2.16. The highest BCUT2D eigenvalue weighted by Crippen LogP contribution is 2.34. The average molecular weight is 236 g/mol. The minimum atomic E-state index is 0.687. The third kappa shape index (κ3) is 3.53. The topological polar surface area (TPSA) is 42.7 Å². The van der Waals surface area contributed by atoms with Crippen LogP contribution in [0, 0.1) is 5.92 Å². The van der Waals surface area contributed by atoms with Gasteiger partial charge in [-0.25, -0.2) is 4.98 Å². The molecule has 1 aliphatic carbocycles. The fraction of sp³-hybridized carbons (Fsp3) is 0.846. The Morgan fingerprint density at radius 2 is 2.29 bits per heavy atom. The second kappa shape index (κ2) is 6.15. The molecule has 1 unspecified atom stereocenters. The van der Waals surface area contributed by atoms with Crippen molar-refractivity contribution in [1.29, 1.82) is 0 Å². The summed E-state index contributed by atoms with van der Waals surface area (Å²) in [5.41, 5.74) is 0. The van der Waals surface area contributed by atoms with Gasteiger partial charge in [0, 0.05) is 19.0 Å². The zero-order valence-corrected chi connectivity index (χ0v) is 11.0. The molecule has 0 aliphatic heterocycles. The zero-order valence-electron chi connectivity index (χ0n) is 11.0. The van der Waals surface area contributed by atoms with Gasteiger partial charge in [-0.05, 0) is 38.1 Å². The van der Waals surface area contributed by atoms with Crippen molar-refractivity contribution in [3.8, 4) is 0 Å². The lowest BCUT2D eigenvalue weighted by molar-refractivity contribution is 0.435. The Hall–Kier alpha value is -0.900. The standard InChI is InChI=1S/C13H24N4/c1-3-9-17-13(15-10-16-17)8-7-12(14-4-2)11-5-6-11/h10-12,14H,3-9H2,1-2H3. The first kappa shape index (κ1) is 12.6. The van der Waals surface area contributed by atoms with Crippen molar-refractivity contribution >= 4 is 0 Å². The van der Waals surface area contributed by atoms with Gasteiger partial charge in [-0.1, -0.05) is 13.8 Å². The molecule has 1 atom stereocenters. The number of aromatic nitrogens is 3. The van der Waals surface area contributed by atoms with Gasteiger partial charge >= 0.3 is 0 Å². The Kier molecular flexibility index (Phi) is 4.54. The van der Waals surface area contributed by atoms with Gasteiger partial charge in [0.1, 0.15) is 12.2 Å². The van der Waals surface area contributed by atoms with Crippen molar-refractivity contribution in [1.82, 2.24) is 20.1 Å². The van der Waals surface area contributed by atoms with Crippen LogP contribution in [-0.2, 0) is 13.0 Å². The second-order valence-electron chi connectivity index (χ2n) is 4.94. The molecule has 96 valence electrons. The summed E-state index contributed by atoms with van der Waals surface area (Å²) in [5.74, 6) is 2.06. The quantitative estimate of drug-likeness (QED) is 0.751.